The fourth-order valence-corrected chi connectivity index (χ4v) is 3.26. The number of likely N-dealkylation sites (N-methyl/N-ethyl adjacent to an activating group) is 1. The highest BCUT2D eigenvalue weighted by molar-refractivity contribution is 5.90. The van der Waals surface area contributed by atoms with E-state index in [2.05, 4.69) is 5.32 Å². The van der Waals surface area contributed by atoms with Crippen molar-refractivity contribution in [3.63, 3.8) is 0 Å². The van der Waals surface area contributed by atoms with Gasteiger partial charge >= 0.3 is 6.18 Å². The average Bonchev–Trinajstić information content (AvgIpc) is 3.01. The van der Waals surface area contributed by atoms with E-state index in [0.29, 0.717) is 23.4 Å². The van der Waals surface area contributed by atoms with Gasteiger partial charge in [0.05, 0.1) is 11.1 Å². The fraction of sp³-hybridized carbons (Fsp3) is 0.333. The van der Waals surface area contributed by atoms with E-state index in [4.69, 9.17) is 4.74 Å². The molecule has 28 heavy (non-hydrogen) atoms. The lowest BCUT2D eigenvalue weighted by molar-refractivity contribution is -0.137. The van der Waals surface area contributed by atoms with Crippen molar-refractivity contribution in [2.45, 2.75) is 32.7 Å². The highest BCUT2D eigenvalue weighted by atomic mass is 19.4. The van der Waals surface area contributed by atoms with Gasteiger partial charge in [-0.15, -0.1) is 0 Å². The molecule has 2 aromatic carbocycles. The van der Waals surface area contributed by atoms with Crippen LogP contribution >= 0.6 is 0 Å². The quantitative estimate of drug-likeness (QED) is 0.560. The third-order valence-corrected chi connectivity index (χ3v) is 4.62. The minimum atomic E-state index is -4.42. The number of halogens is 4. The molecular formula is C21H22F4N2O. The maximum atomic E-state index is 14.2. The van der Waals surface area contributed by atoms with Gasteiger partial charge in [-0.3, -0.25) is 0 Å². The monoisotopic (exact) mass is 394 g/mol. The topological polar surface area (TPSA) is 26.2 Å². The van der Waals surface area contributed by atoms with E-state index >= 15 is 0 Å². The Morgan fingerprint density at radius 2 is 1.93 bits per heavy atom. The third kappa shape index (κ3) is 4.30. The first kappa shape index (κ1) is 20.2. The summed E-state index contributed by atoms with van der Waals surface area (Å²) >= 11 is 0. The van der Waals surface area contributed by atoms with Crippen LogP contribution in [0.2, 0.25) is 0 Å². The first-order chi connectivity index (χ1) is 13.3. The van der Waals surface area contributed by atoms with E-state index < -0.39 is 17.6 Å². The lowest BCUT2D eigenvalue weighted by Crippen LogP contribution is -2.10. The fourth-order valence-electron chi connectivity index (χ4n) is 3.26. The molecule has 3 aromatic rings. The number of nitrogens with one attached hydrogen (secondary N) is 1. The van der Waals surface area contributed by atoms with Gasteiger partial charge in [-0.2, -0.15) is 13.2 Å². The normalized spacial score (nSPS) is 11.9. The zero-order chi connectivity index (χ0) is 20.3. The average molecular weight is 394 g/mol. The minimum absolute atomic E-state index is 0.0781. The number of nitrogens with zero attached hydrogens (tertiary/aromatic N) is 1. The molecule has 150 valence electrons. The molecular weight excluding hydrogens is 372 g/mol. The Balaban J connectivity index is 1.95. The third-order valence-electron chi connectivity index (χ3n) is 4.62. The molecule has 3 nitrogen and oxygen atoms in total. The highest BCUT2D eigenvalue weighted by Crippen LogP contribution is 2.34. The summed E-state index contributed by atoms with van der Waals surface area (Å²) in [4.78, 5) is 0. The predicted octanol–water partition coefficient (Wildman–Crippen LogP) is 5.16. The summed E-state index contributed by atoms with van der Waals surface area (Å²) in [6.07, 6.45) is -1.72. The SMILES string of the molecule is CCn1cc(CCNC)c2c(OCc3cccc(C(F)(F)F)c3)cc(F)cc21. The van der Waals surface area contributed by atoms with Crippen molar-refractivity contribution < 1.29 is 22.3 Å². The van der Waals surface area contributed by atoms with E-state index in [1.54, 1.807) is 6.07 Å². The Labute approximate surface area is 160 Å². The number of aryl methyl sites for hydroxylation is 1. The van der Waals surface area contributed by atoms with Crippen molar-refractivity contribution >= 4 is 10.9 Å². The second kappa shape index (κ2) is 8.22. The van der Waals surface area contributed by atoms with Gasteiger partial charge < -0.3 is 14.6 Å². The van der Waals surface area contributed by atoms with Gasteiger partial charge in [0.1, 0.15) is 18.2 Å². The van der Waals surface area contributed by atoms with Crippen LogP contribution in [0, 0.1) is 5.82 Å². The van der Waals surface area contributed by atoms with Crippen LogP contribution in [0.1, 0.15) is 23.6 Å². The Hall–Kier alpha value is -2.54. The van der Waals surface area contributed by atoms with Crippen molar-refractivity contribution in [1.82, 2.24) is 9.88 Å². The number of alkyl halides is 3. The molecule has 7 heteroatoms. The molecule has 0 saturated heterocycles. The number of ether oxygens (including phenoxy) is 1. The maximum absolute atomic E-state index is 14.2. The zero-order valence-corrected chi connectivity index (χ0v) is 15.7. The number of hydrogen-bond donors (Lipinski definition) is 1. The molecule has 0 aliphatic rings. The molecule has 0 bridgehead atoms. The Morgan fingerprint density at radius 1 is 1.14 bits per heavy atom. The number of hydrogen-bond acceptors (Lipinski definition) is 2. The number of benzene rings is 2. The molecule has 1 N–H and O–H groups in total. The smallest absolute Gasteiger partial charge is 0.416 e. The molecule has 1 aromatic heterocycles. The number of aromatic nitrogens is 1. The molecule has 0 radical (unpaired) electrons. The number of fused-ring (bicyclic) bond motifs is 1. The van der Waals surface area contributed by atoms with Gasteiger partial charge in [0.15, 0.2) is 0 Å². The van der Waals surface area contributed by atoms with Gasteiger partial charge in [0, 0.05) is 24.2 Å². The van der Waals surface area contributed by atoms with Crippen molar-refractivity contribution in [3.05, 3.63) is 65.1 Å². The summed E-state index contributed by atoms with van der Waals surface area (Å²) < 4.78 is 60.6. The summed E-state index contributed by atoms with van der Waals surface area (Å²) in [5.41, 5.74) is 1.36. The van der Waals surface area contributed by atoms with E-state index in [9.17, 15) is 17.6 Å². The molecule has 0 atom stereocenters. The van der Waals surface area contributed by atoms with Crippen LogP contribution in [0.15, 0.2) is 42.6 Å². The number of rotatable bonds is 7. The summed E-state index contributed by atoms with van der Waals surface area (Å²) in [7, 11) is 1.85. The first-order valence-corrected chi connectivity index (χ1v) is 9.08. The van der Waals surface area contributed by atoms with Gasteiger partial charge in [0.2, 0.25) is 0 Å². The summed E-state index contributed by atoms with van der Waals surface area (Å²) in [5, 5.41) is 3.88. The van der Waals surface area contributed by atoms with Crippen LogP contribution in [-0.2, 0) is 25.7 Å². The highest BCUT2D eigenvalue weighted by Gasteiger charge is 2.30. The predicted molar refractivity (Wildman–Crippen MR) is 101 cm³/mol. The Bertz CT molecular complexity index is 963. The van der Waals surface area contributed by atoms with Gasteiger partial charge in [-0.1, -0.05) is 12.1 Å². The largest absolute Gasteiger partial charge is 0.488 e. The summed E-state index contributed by atoms with van der Waals surface area (Å²) in [6, 6.07) is 7.72. The van der Waals surface area contributed by atoms with Crippen LogP contribution in [0.5, 0.6) is 5.75 Å². The molecule has 3 rings (SSSR count). The molecule has 0 spiro atoms. The van der Waals surface area contributed by atoms with E-state index in [0.717, 1.165) is 36.0 Å². The minimum Gasteiger partial charge on any atom is -0.488 e. The molecule has 0 saturated carbocycles. The first-order valence-electron chi connectivity index (χ1n) is 9.08. The standard InChI is InChI=1S/C21H22F4N2O/c1-3-27-12-15(7-8-26-2)20-18(27)10-17(22)11-19(20)28-13-14-5-4-6-16(9-14)21(23,24)25/h4-6,9-12,26H,3,7-8,13H2,1-2H3. The van der Waals surface area contributed by atoms with Crippen LogP contribution < -0.4 is 10.1 Å². The van der Waals surface area contributed by atoms with Crippen LogP contribution in [0.25, 0.3) is 10.9 Å². The molecule has 1 heterocycles. The Kier molecular flexibility index (Phi) is 5.93. The van der Waals surface area contributed by atoms with E-state index in [-0.39, 0.29) is 6.61 Å². The van der Waals surface area contributed by atoms with Crippen LogP contribution in [-0.4, -0.2) is 18.2 Å². The van der Waals surface area contributed by atoms with Crippen molar-refractivity contribution in [3.8, 4) is 5.75 Å². The van der Waals surface area contributed by atoms with Crippen molar-refractivity contribution in [2.75, 3.05) is 13.6 Å². The molecule has 0 fully saturated rings. The zero-order valence-electron chi connectivity index (χ0n) is 15.7. The second-order valence-electron chi connectivity index (χ2n) is 6.58. The lowest BCUT2D eigenvalue weighted by atomic mass is 10.1. The summed E-state index contributed by atoms with van der Waals surface area (Å²) in [6.45, 7) is 3.31. The molecule has 0 aliphatic heterocycles. The van der Waals surface area contributed by atoms with Gasteiger partial charge in [0.25, 0.3) is 0 Å². The van der Waals surface area contributed by atoms with Crippen molar-refractivity contribution in [2.24, 2.45) is 0 Å². The van der Waals surface area contributed by atoms with E-state index in [1.807, 2.05) is 24.7 Å². The maximum Gasteiger partial charge on any atom is 0.416 e. The molecule has 0 aliphatic carbocycles. The second-order valence-corrected chi connectivity index (χ2v) is 6.58. The lowest BCUT2D eigenvalue weighted by Gasteiger charge is -2.12. The van der Waals surface area contributed by atoms with Crippen LogP contribution in [0.3, 0.4) is 0 Å². The summed E-state index contributed by atoms with van der Waals surface area (Å²) in [5.74, 6) is -0.106. The van der Waals surface area contributed by atoms with Crippen molar-refractivity contribution in [1.29, 1.82) is 0 Å². The van der Waals surface area contributed by atoms with Crippen LogP contribution in [0.4, 0.5) is 17.6 Å². The molecule has 0 amide bonds. The van der Waals surface area contributed by atoms with Gasteiger partial charge in [-0.05, 0) is 56.3 Å². The van der Waals surface area contributed by atoms with E-state index in [1.165, 1.54) is 18.2 Å². The van der Waals surface area contributed by atoms with Gasteiger partial charge in [-0.25, -0.2) is 4.39 Å². The molecule has 0 unspecified atom stereocenters. The Morgan fingerprint density at radius 3 is 2.61 bits per heavy atom.